The zero-order valence-electron chi connectivity index (χ0n) is 9.23. The molecule has 1 saturated carbocycles. The van der Waals surface area contributed by atoms with Gasteiger partial charge in [0.15, 0.2) is 0 Å². The van der Waals surface area contributed by atoms with Crippen LogP contribution in [0.1, 0.15) is 12.5 Å². The third kappa shape index (κ3) is 2.04. The Bertz CT molecular complexity index is 461. The van der Waals surface area contributed by atoms with Crippen molar-refractivity contribution in [3.05, 3.63) is 22.7 Å². The van der Waals surface area contributed by atoms with Crippen LogP contribution >= 0.6 is 0 Å². The molecule has 17 heavy (non-hydrogen) atoms. The van der Waals surface area contributed by atoms with E-state index in [4.69, 9.17) is 16.6 Å². The van der Waals surface area contributed by atoms with Gasteiger partial charge < -0.3 is 21.7 Å². The number of hydrogen-bond acceptors (Lipinski definition) is 6. The standard InChI is InChI=1S/C10H16N4O3/c11-7-1-2-14(10(17)13-7)6-3-5(4-15)9(16)8(6)12/h1-2,5-6,8-9,15-16H,3-4,12H2,(H2,11,13,17)/t5-,6-,8+,9-/m0/s1. The lowest BCUT2D eigenvalue weighted by atomic mass is 10.1. The fourth-order valence-corrected chi connectivity index (χ4v) is 2.31. The summed E-state index contributed by atoms with van der Waals surface area (Å²) in [5.74, 6) is -0.156. The molecule has 1 aliphatic carbocycles. The van der Waals surface area contributed by atoms with E-state index in [1.54, 1.807) is 0 Å². The largest absolute Gasteiger partial charge is 0.396 e. The Labute approximate surface area is 97.7 Å². The van der Waals surface area contributed by atoms with Gasteiger partial charge in [0.05, 0.1) is 18.2 Å². The highest BCUT2D eigenvalue weighted by Gasteiger charge is 2.41. The summed E-state index contributed by atoms with van der Waals surface area (Å²) >= 11 is 0. The number of nitrogens with two attached hydrogens (primary N) is 2. The Morgan fingerprint density at radius 1 is 1.59 bits per heavy atom. The van der Waals surface area contributed by atoms with Crippen molar-refractivity contribution >= 4 is 5.82 Å². The number of nitrogens with zero attached hydrogens (tertiary/aromatic N) is 2. The van der Waals surface area contributed by atoms with Crippen LogP contribution < -0.4 is 17.2 Å². The molecule has 7 nitrogen and oxygen atoms in total. The van der Waals surface area contributed by atoms with Gasteiger partial charge in [-0.1, -0.05) is 0 Å². The molecule has 6 N–H and O–H groups in total. The molecule has 94 valence electrons. The second-order valence-corrected chi connectivity index (χ2v) is 4.36. The molecule has 1 aromatic heterocycles. The summed E-state index contributed by atoms with van der Waals surface area (Å²) in [4.78, 5) is 15.3. The topological polar surface area (TPSA) is 127 Å². The highest BCUT2D eigenvalue weighted by molar-refractivity contribution is 5.23. The minimum atomic E-state index is -0.811. The van der Waals surface area contributed by atoms with E-state index >= 15 is 0 Å². The number of rotatable bonds is 2. The zero-order valence-corrected chi connectivity index (χ0v) is 9.23. The molecule has 0 aliphatic heterocycles. The van der Waals surface area contributed by atoms with Gasteiger partial charge in [-0.05, 0) is 12.5 Å². The lowest BCUT2D eigenvalue weighted by Gasteiger charge is -2.19. The van der Waals surface area contributed by atoms with E-state index in [1.165, 1.54) is 16.8 Å². The lowest BCUT2D eigenvalue weighted by molar-refractivity contribution is 0.0800. The Morgan fingerprint density at radius 3 is 2.82 bits per heavy atom. The molecule has 0 unspecified atom stereocenters. The first-order valence-corrected chi connectivity index (χ1v) is 5.43. The summed E-state index contributed by atoms with van der Waals surface area (Å²) in [5, 5.41) is 18.9. The minimum Gasteiger partial charge on any atom is -0.396 e. The van der Waals surface area contributed by atoms with Gasteiger partial charge in [0.25, 0.3) is 0 Å². The van der Waals surface area contributed by atoms with E-state index < -0.39 is 17.8 Å². The molecule has 1 heterocycles. The van der Waals surface area contributed by atoms with Gasteiger partial charge >= 0.3 is 5.69 Å². The molecule has 2 rings (SSSR count). The second-order valence-electron chi connectivity index (χ2n) is 4.36. The molecule has 0 spiro atoms. The third-order valence-corrected chi connectivity index (χ3v) is 3.31. The fraction of sp³-hybridized carbons (Fsp3) is 0.600. The lowest BCUT2D eigenvalue weighted by Crippen LogP contribution is -2.41. The molecule has 0 amide bonds. The Hall–Kier alpha value is -1.44. The first-order chi connectivity index (χ1) is 8.04. The molecule has 0 aromatic carbocycles. The van der Waals surface area contributed by atoms with Crippen molar-refractivity contribution in [3.8, 4) is 0 Å². The highest BCUT2D eigenvalue weighted by atomic mass is 16.3. The number of aromatic nitrogens is 2. The quantitative estimate of drug-likeness (QED) is 0.476. The minimum absolute atomic E-state index is 0.150. The van der Waals surface area contributed by atoms with Crippen LogP contribution in [-0.4, -0.2) is 38.5 Å². The molecule has 7 heteroatoms. The molecule has 0 radical (unpaired) electrons. The number of nitrogen functional groups attached to an aromatic ring is 1. The predicted molar refractivity (Wildman–Crippen MR) is 61.1 cm³/mol. The number of anilines is 1. The number of hydrogen-bond donors (Lipinski definition) is 4. The van der Waals surface area contributed by atoms with Crippen LogP contribution in [0.15, 0.2) is 17.1 Å². The van der Waals surface area contributed by atoms with Crippen LogP contribution in [0.3, 0.4) is 0 Å². The van der Waals surface area contributed by atoms with Crippen molar-refractivity contribution in [1.82, 2.24) is 9.55 Å². The summed E-state index contributed by atoms with van der Waals surface area (Å²) in [6.45, 7) is -0.150. The molecule has 1 aliphatic rings. The van der Waals surface area contributed by atoms with Crippen LogP contribution in [0.2, 0.25) is 0 Å². The van der Waals surface area contributed by atoms with Crippen molar-refractivity contribution in [3.63, 3.8) is 0 Å². The van der Waals surface area contributed by atoms with E-state index in [-0.39, 0.29) is 24.4 Å². The predicted octanol–water partition coefficient (Wildman–Crippen LogP) is -1.93. The smallest absolute Gasteiger partial charge is 0.349 e. The Balaban J connectivity index is 2.32. The summed E-state index contributed by atoms with van der Waals surface area (Å²) in [6, 6.07) is 0.560. The average Bonchev–Trinajstić information content (AvgIpc) is 2.57. The highest BCUT2D eigenvalue weighted by Crippen LogP contribution is 2.32. The van der Waals surface area contributed by atoms with Crippen LogP contribution in [-0.2, 0) is 0 Å². The van der Waals surface area contributed by atoms with Gasteiger partial charge in [-0.3, -0.25) is 4.57 Å². The van der Waals surface area contributed by atoms with Crippen LogP contribution in [0.5, 0.6) is 0 Å². The van der Waals surface area contributed by atoms with Crippen molar-refractivity contribution in [2.45, 2.75) is 24.6 Å². The Morgan fingerprint density at radius 2 is 2.29 bits per heavy atom. The van der Waals surface area contributed by atoms with Crippen LogP contribution in [0.4, 0.5) is 5.82 Å². The first kappa shape index (κ1) is 12.0. The maximum atomic E-state index is 11.6. The monoisotopic (exact) mass is 240 g/mol. The second kappa shape index (κ2) is 4.44. The van der Waals surface area contributed by atoms with Crippen molar-refractivity contribution < 1.29 is 10.2 Å². The first-order valence-electron chi connectivity index (χ1n) is 5.43. The molecule has 4 atom stereocenters. The van der Waals surface area contributed by atoms with Crippen LogP contribution in [0, 0.1) is 5.92 Å². The molecule has 0 bridgehead atoms. The summed E-state index contributed by atoms with van der Waals surface area (Å²) < 4.78 is 1.36. The molecular weight excluding hydrogens is 224 g/mol. The van der Waals surface area contributed by atoms with Crippen molar-refractivity contribution in [2.75, 3.05) is 12.3 Å². The third-order valence-electron chi connectivity index (χ3n) is 3.31. The van der Waals surface area contributed by atoms with Gasteiger partial charge in [-0.25, -0.2) is 4.79 Å². The van der Waals surface area contributed by atoms with Gasteiger partial charge in [-0.2, -0.15) is 4.98 Å². The average molecular weight is 240 g/mol. The normalized spacial score (nSPS) is 32.9. The number of aliphatic hydroxyl groups excluding tert-OH is 2. The van der Waals surface area contributed by atoms with Gasteiger partial charge in [0, 0.05) is 18.7 Å². The van der Waals surface area contributed by atoms with Crippen molar-refractivity contribution in [1.29, 1.82) is 0 Å². The molecule has 1 fully saturated rings. The van der Waals surface area contributed by atoms with E-state index in [2.05, 4.69) is 4.98 Å². The maximum absolute atomic E-state index is 11.6. The van der Waals surface area contributed by atoms with E-state index in [0.29, 0.717) is 6.42 Å². The maximum Gasteiger partial charge on any atom is 0.349 e. The van der Waals surface area contributed by atoms with E-state index in [0.717, 1.165) is 0 Å². The Kier molecular flexibility index (Phi) is 3.14. The van der Waals surface area contributed by atoms with Crippen LogP contribution in [0.25, 0.3) is 0 Å². The summed E-state index contributed by atoms with van der Waals surface area (Å²) in [6.07, 6.45) is 1.15. The van der Waals surface area contributed by atoms with Crippen molar-refractivity contribution in [2.24, 2.45) is 11.7 Å². The summed E-state index contributed by atoms with van der Waals surface area (Å²) in [5.41, 5.74) is 10.8. The van der Waals surface area contributed by atoms with E-state index in [9.17, 15) is 9.90 Å². The van der Waals surface area contributed by atoms with Gasteiger partial charge in [0.1, 0.15) is 5.82 Å². The molecule has 1 aromatic rings. The summed E-state index contributed by atoms with van der Waals surface area (Å²) in [7, 11) is 0. The van der Waals surface area contributed by atoms with E-state index in [1.807, 2.05) is 0 Å². The zero-order chi connectivity index (χ0) is 12.6. The van der Waals surface area contributed by atoms with Gasteiger partial charge in [0.2, 0.25) is 0 Å². The fourth-order valence-electron chi connectivity index (χ4n) is 2.31. The SMILES string of the molecule is Nc1ccn([C@H]2C[C@@H](CO)[C@H](O)[C@@H]2N)c(=O)n1. The molecule has 0 saturated heterocycles. The molecular formula is C10H16N4O3. The van der Waals surface area contributed by atoms with Gasteiger partial charge in [-0.15, -0.1) is 0 Å². The number of aliphatic hydroxyl groups is 2.